The molecule has 1 aromatic rings. The van der Waals surface area contributed by atoms with E-state index in [0.717, 1.165) is 13.0 Å². The molecule has 0 saturated heterocycles. The van der Waals surface area contributed by atoms with Gasteiger partial charge in [0.2, 0.25) is 5.88 Å². The summed E-state index contributed by atoms with van der Waals surface area (Å²) in [4.78, 5) is 0. The van der Waals surface area contributed by atoms with Crippen molar-refractivity contribution in [1.82, 2.24) is 9.78 Å². The number of rotatable bonds is 2. The maximum absolute atomic E-state index is 9.52. The fourth-order valence-electron chi connectivity index (χ4n) is 1.44. The fraction of sp³-hybridized carbons (Fsp3) is 0.625. The fourth-order valence-corrected chi connectivity index (χ4v) is 1.44. The lowest BCUT2D eigenvalue weighted by molar-refractivity contribution is 0.171. The average Bonchev–Trinajstić information content (AvgIpc) is 2.60. The molecule has 5 nitrogen and oxygen atoms in total. The molecular weight excluding hydrogens is 170 g/mol. The SMILES string of the molecule is NCC(O)c1cnn2c1OCCC2. The first-order valence-corrected chi connectivity index (χ1v) is 4.39. The average molecular weight is 183 g/mol. The van der Waals surface area contributed by atoms with Crippen molar-refractivity contribution in [3.63, 3.8) is 0 Å². The van der Waals surface area contributed by atoms with E-state index in [9.17, 15) is 5.11 Å². The number of aryl methyl sites for hydroxylation is 1. The Balaban J connectivity index is 2.31. The van der Waals surface area contributed by atoms with Crippen LogP contribution in [0.15, 0.2) is 6.20 Å². The summed E-state index contributed by atoms with van der Waals surface area (Å²) in [7, 11) is 0. The summed E-state index contributed by atoms with van der Waals surface area (Å²) in [5.41, 5.74) is 6.05. The van der Waals surface area contributed by atoms with E-state index in [1.807, 2.05) is 0 Å². The van der Waals surface area contributed by atoms with Gasteiger partial charge in [0.25, 0.3) is 0 Å². The molecule has 13 heavy (non-hydrogen) atoms. The lowest BCUT2D eigenvalue weighted by Crippen LogP contribution is -2.17. The van der Waals surface area contributed by atoms with Crippen LogP contribution in [0.25, 0.3) is 0 Å². The molecule has 72 valence electrons. The molecule has 0 radical (unpaired) electrons. The predicted octanol–water partition coefficient (Wildman–Crippen LogP) is -0.342. The van der Waals surface area contributed by atoms with Gasteiger partial charge in [-0.25, -0.2) is 4.68 Å². The third-order valence-corrected chi connectivity index (χ3v) is 2.15. The van der Waals surface area contributed by atoms with Gasteiger partial charge in [-0.2, -0.15) is 5.10 Å². The Bertz CT molecular complexity index is 298. The van der Waals surface area contributed by atoms with Gasteiger partial charge in [0.1, 0.15) is 0 Å². The topological polar surface area (TPSA) is 73.3 Å². The summed E-state index contributed by atoms with van der Waals surface area (Å²) in [6.45, 7) is 1.74. The molecular formula is C8H13N3O2. The minimum Gasteiger partial charge on any atom is -0.477 e. The van der Waals surface area contributed by atoms with Gasteiger partial charge in [0, 0.05) is 19.5 Å². The molecule has 1 aliphatic heterocycles. The van der Waals surface area contributed by atoms with Gasteiger partial charge in [0.15, 0.2) is 0 Å². The Morgan fingerprint density at radius 2 is 2.62 bits per heavy atom. The second-order valence-corrected chi connectivity index (χ2v) is 3.08. The van der Waals surface area contributed by atoms with E-state index >= 15 is 0 Å². The van der Waals surface area contributed by atoms with Gasteiger partial charge < -0.3 is 15.6 Å². The summed E-state index contributed by atoms with van der Waals surface area (Å²) in [5.74, 6) is 0.671. The quantitative estimate of drug-likeness (QED) is 0.657. The molecule has 0 aromatic carbocycles. The second kappa shape index (κ2) is 3.35. The molecule has 3 N–H and O–H groups in total. The Hall–Kier alpha value is -1.07. The first-order chi connectivity index (χ1) is 6.33. The zero-order valence-corrected chi connectivity index (χ0v) is 7.31. The van der Waals surface area contributed by atoms with Gasteiger partial charge in [-0.15, -0.1) is 0 Å². The van der Waals surface area contributed by atoms with Gasteiger partial charge in [-0.05, 0) is 0 Å². The van der Waals surface area contributed by atoms with Crippen LogP contribution in [0.4, 0.5) is 0 Å². The molecule has 1 unspecified atom stereocenters. The number of ether oxygens (including phenoxy) is 1. The zero-order valence-electron chi connectivity index (χ0n) is 7.31. The van der Waals surface area contributed by atoms with Gasteiger partial charge in [0.05, 0.1) is 24.5 Å². The van der Waals surface area contributed by atoms with Crippen LogP contribution in [0, 0.1) is 0 Å². The molecule has 0 saturated carbocycles. The maximum atomic E-state index is 9.52. The summed E-state index contributed by atoms with van der Waals surface area (Å²) in [5, 5.41) is 13.6. The Morgan fingerprint density at radius 1 is 1.77 bits per heavy atom. The molecule has 1 aromatic heterocycles. The summed E-state index contributed by atoms with van der Waals surface area (Å²) < 4.78 is 7.16. The molecule has 2 rings (SSSR count). The minimum absolute atomic E-state index is 0.196. The Labute approximate surface area is 76.1 Å². The van der Waals surface area contributed by atoms with E-state index in [1.165, 1.54) is 0 Å². The van der Waals surface area contributed by atoms with Crippen molar-refractivity contribution in [1.29, 1.82) is 0 Å². The van der Waals surface area contributed by atoms with Gasteiger partial charge in [-0.1, -0.05) is 0 Å². The van der Waals surface area contributed by atoms with Crippen LogP contribution >= 0.6 is 0 Å². The number of aliphatic hydroxyl groups is 1. The van der Waals surface area contributed by atoms with E-state index < -0.39 is 6.10 Å². The maximum Gasteiger partial charge on any atom is 0.217 e. The second-order valence-electron chi connectivity index (χ2n) is 3.08. The van der Waals surface area contributed by atoms with Crippen LogP contribution in [0.3, 0.4) is 0 Å². The molecule has 2 heterocycles. The normalized spacial score (nSPS) is 17.7. The molecule has 1 aliphatic rings. The summed E-state index contributed by atoms with van der Waals surface area (Å²) in [6.07, 6.45) is 1.92. The number of hydrogen-bond donors (Lipinski definition) is 2. The summed E-state index contributed by atoms with van der Waals surface area (Å²) >= 11 is 0. The minimum atomic E-state index is -0.665. The summed E-state index contributed by atoms with van der Waals surface area (Å²) in [6, 6.07) is 0. The highest BCUT2D eigenvalue weighted by Crippen LogP contribution is 2.26. The number of aliphatic hydroxyl groups excluding tert-OH is 1. The van der Waals surface area contributed by atoms with Gasteiger partial charge in [-0.3, -0.25) is 0 Å². The highest BCUT2D eigenvalue weighted by Gasteiger charge is 2.20. The lowest BCUT2D eigenvalue weighted by Gasteiger charge is -2.17. The Morgan fingerprint density at radius 3 is 3.38 bits per heavy atom. The number of hydrogen-bond acceptors (Lipinski definition) is 4. The molecule has 0 bridgehead atoms. The third-order valence-electron chi connectivity index (χ3n) is 2.15. The third kappa shape index (κ3) is 1.40. The van der Waals surface area contributed by atoms with E-state index in [-0.39, 0.29) is 6.54 Å². The number of nitrogens with zero attached hydrogens (tertiary/aromatic N) is 2. The van der Waals surface area contributed by atoms with Crippen LogP contribution in [-0.2, 0) is 6.54 Å². The van der Waals surface area contributed by atoms with Crippen molar-refractivity contribution in [2.45, 2.75) is 19.1 Å². The molecule has 5 heteroatoms. The molecule has 0 amide bonds. The first-order valence-electron chi connectivity index (χ1n) is 4.39. The zero-order chi connectivity index (χ0) is 9.26. The number of aromatic nitrogens is 2. The van der Waals surface area contributed by atoms with E-state index in [0.29, 0.717) is 18.1 Å². The van der Waals surface area contributed by atoms with Crippen molar-refractivity contribution < 1.29 is 9.84 Å². The monoisotopic (exact) mass is 183 g/mol. The molecule has 0 fully saturated rings. The first kappa shape index (κ1) is 8.52. The van der Waals surface area contributed by atoms with Crippen LogP contribution in [0.1, 0.15) is 18.1 Å². The van der Waals surface area contributed by atoms with Crippen LogP contribution in [-0.4, -0.2) is 28.0 Å². The highest BCUT2D eigenvalue weighted by molar-refractivity contribution is 5.27. The standard InChI is InChI=1S/C8H13N3O2/c9-4-7(12)6-5-10-11-2-1-3-13-8(6)11/h5,7,12H,1-4,9H2. The van der Waals surface area contributed by atoms with Crippen molar-refractivity contribution in [2.75, 3.05) is 13.2 Å². The van der Waals surface area contributed by atoms with Crippen LogP contribution in [0.5, 0.6) is 5.88 Å². The lowest BCUT2D eigenvalue weighted by atomic mass is 10.2. The van der Waals surface area contributed by atoms with Crippen molar-refractivity contribution in [2.24, 2.45) is 5.73 Å². The van der Waals surface area contributed by atoms with Crippen molar-refractivity contribution in [3.05, 3.63) is 11.8 Å². The van der Waals surface area contributed by atoms with Crippen molar-refractivity contribution >= 4 is 0 Å². The Kier molecular flexibility index (Phi) is 2.20. The van der Waals surface area contributed by atoms with Crippen LogP contribution < -0.4 is 10.5 Å². The smallest absolute Gasteiger partial charge is 0.217 e. The number of fused-ring (bicyclic) bond motifs is 1. The number of nitrogens with two attached hydrogens (primary N) is 1. The highest BCUT2D eigenvalue weighted by atomic mass is 16.5. The van der Waals surface area contributed by atoms with Gasteiger partial charge >= 0.3 is 0 Å². The van der Waals surface area contributed by atoms with Crippen molar-refractivity contribution in [3.8, 4) is 5.88 Å². The predicted molar refractivity (Wildman–Crippen MR) is 46.4 cm³/mol. The van der Waals surface area contributed by atoms with E-state index in [4.69, 9.17) is 10.5 Å². The van der Waals surface area contributed by atoms with Crippen LogP contribution in [0.2, 0.25) is 0 Å². The molecule has 0 aliphatic carbocycles. The largest absolute Gasteiger partial charge is 0.477 e. The van der Waals surface area contributed by atoms with E-state index in [2.05, 4.69) is 5.10 Å². The molecule has 0 spiro atoms. The molecule has 1 atom stereocenters. The van der Waals surface area contributed by atoms with E-state index in [1.54, 1.807) is 10.9 Å².